The van der Waals surface area contributed by atoms with Crippen LogP contribution in [0.15, 0.2) is 60.7 Å². The minimum absolute atomic E-state index is 0.0452. The van der Waals surface area contributed by atoms with Gasteiger partial charge in [0.25, 0.3) is 0 Å². The molecule has 1 aliphatic carbocycles. The largest absolute Gasteiger partial charge is 0.492 e. The highest BCUT2D eigenvalue weighted by atomic mass is 16.6. The van der Waals surface area contributed by atoms with Gasteiger partial charge in [0.15, 0.2) is 0 Å². The Morgan fingerprint density at radius 2 is 1.19 bits per heavy atom. The molecule has 0 aromatic heterocycles. The van der Waals surface area contributed by atoms with E-state index >= 15 is 0 Å². The molecule has 404 valence electrons. The third-order valence-electron chi connectivity index (χ3n) is 14.1. The number of esters is 6. The first-order chi connectivity index (χ1) is 35.5. The van der Waals surface area contributed by atoms with Crippen molar-refractivity contribution in [1.82, 2.24) is 0 Å². The van der Waals surface area contributed by atoms with Gasteiger partial charge in [-0.2, -0.15) is 0 Å². The van der Waals surface area contributed by atoms with E-state index in [4.69, 9.17) is 23.7 Å². The summed E-state index contributed by atoms with van der Waals surface area (Å²) in [7, 11) is 2.31. The number of carbonyl (C=O) groups excluding carboxylic acids is 7. The number of carbonyl (C=O) groups is 7. The number of ether oxygens (including phenoxy) is 7. The van der Waals surface area contributed by atoms with Gasteiger partial charge in [-0.05, 0) is 146 Å². The SMILES string of the molecule is C=C(C)C(=O)OCCCc1cc(-c2ccc(-c3ccc(C4CCC(CCCCC)CC4)cc3)c(CC)c2)c(CC)c(CCCOC(=O)C(C)=O)c1OCC(CC)(COC(=O)CC(=O)OC)COC(=O)CC(=O)OC. The third kappa shape index (κ3) is 18.3. The van der Waals surface area contributed by atoms with E-state index in [2.05, 4.69) is 78.4 Å². The lowest BCUT2D eigenvalue weighted by Crippen LogP contribution is -2.40. The molecule has 3 aromatic carbocycles. The highest BCUT2D eigenvalue weighted by Gasteiger charge is 2.35. The number of hydrogen-bond donors (Lipinski definition) is 0. The van der Waals surface area contributed by atoms with E-state index in [1.807, 2.05) is 6.92 Å². The van der Waals surface area contributed by atoms with Crippen LogP contribution in [0, 0.1) is 11.3 Å². The van der Waals surface area contributed by atoms with E-state index in [9.17, 15) is 33.6 Å². The molecular formula is C60H80O14. The van der Waals surface area contributed by atoms with E-state index < -0.39 is 59.9 Å². The fraction of sp³-hybridized carbons (Fsp3) is 0.550. The molecule has 0 unspecified atom stereocenters. The Kier molecular flexibility index (Phi) is 25.1. The Balaban J connectivity index is 1.81. The zero-order valence-corrected chi connectivity index (χ0v) is 45.3. The summed E-state index contributed by atoms with van der Waals surface area (Å²) in [6.45, 7) is 13.9. The lowest BCUT2D eigenvalue weighted by Gasteiger charge is -2.33. The Bertz CT molecular complexity index is 2360. The highest BCUT2D eigenvalue weighted by Crippen LogP contribution is 2.42. The zero-order chi connectivity index (χ0) is 54.2. The van der Waals surface area contributed by atoms with E-state index in [0.29, 0.717) is 43.8 Å². The topological polar surface area (TPSA) is 184 Å². The van der Waals surface area contributed by atoms with Crippen molar-refractivity contribution in [2.75, 3.05) is 47.3 Å². The predicted octanol–water partition coefficient (Wildman–Crippen LogP) is 11.1. The van der Waals surface area contributed by atoms with E-state index in [1.165, 1.54) is 62.5 Å². The van der Waals surface area contributed by atoms with Gasteiger partial charge in [0, 0.05) is 12.5 Å². The Morgan fingerprint density at radius 3 is 1.73 bits per heavy atom. The fourth-order valence-electron chi connectivity index (χ4n) is 9.52. The smallest absolute Gasteiger partial charge is 0.374 e. The second kappa shape index (κ2) is 30.8. The molecule has 0 bridgehead atoms. The van der Waals surface area contributed by atoms with Crippen LogP contribution in [0.1, 0.15) is 159 Å². The van der Waals surface area contributed by atoms with Gasteiger partial charge in [0.2, 0.25) is 5.78 Å². The number of methoxy groups -OCH3 is 2. The summed E-state index contributed by atoms with van der Waals surface area (Å²) in [4.78, 5) is 86.1. The van der Waals surface area contributed by atoms with Crippen molar-refractivity contribution in [3.63, 3.8) is 0 Å². The standard InChI is InChI=1S/C60H80O14/c1-10-14-15-18-42-21-23-44(24-22-42)45-25-27-46(28-26-45)50-30-29-47(33-43(50)11-2)52-34-48(19-16-31-70-58(66)40(5)6)57(51(49(52)12-3)20-17-32-71-59(67)41(7)61)74-39-60(13-4,37-72-55(64)35-53(62)68-8)38-73-56(65)36-54(63)69-9/h25-30,33-34,42,44H,5,10-24,31-32,35-39H2,1-4,6-9H3. The van der Waals surface area contributed by atoms with Crippen molar-refractivity contribution in [3.05, 3.63) is 88.5 Å². The molecule has 0 N–H and O–H groups in total. The summed E-state index contributed by atoms with van der Waals surface area (Å²) in [6.07, 6.45) is 12.1. The van der Waals surface area contributed by atoms with Crippen molar-refractivity contribution < 1.29 is 66.7 Å². The number of ketones is 1. The summed E-state index contributed by atoms with van der Waals surface area (Å²) in [5.74, 6) is -3.54. The maximum absolute atomic E-state index is 12.8. The van der Waals surface area contributed by atoms with Gasteiger partial charge in [0.05, 0.1) is 32.8 Å². The molecule has 0 spiro atoms. The second-order valence-corrected chi connectivity index (χ2v) is 19.6. The van der Waals surface area contributed by atoms with Crippen LogP contribution in [0.25, 0.3) is 22.3 Å². The maximum atomic E-state index is 12.8. The Labute approximate surface area is 438 Å². The summed E-state index contributed by atoms with van der Waals surface area (Å²) < 4.78 is 38.2. The van der Waals surface area contributed by atoms with Crippen molar-refractivity contribution in [2.45, 2.75) is 157 Å². The number of Topliss-reactive ketones (excluding diaryl/α,β-unsaturated/α-hetero) is 1. The first kappa shape index (κ1) is 60.2. The van der Waals surface area contributed by atoms with E-state index in [1.54, 1.807) is 13.8 Å². The van der Waals surface area contributed by atoms with Gasteiger partial charge in [0.1, 0.15) is 38.4 Å². The molecule has 1 aliphatic rings. The predicted molar refractivity (Wildman–Crippen MR) is 282 cm³/mol. The van der Waals surface area contributed by atoms with Crippen LogP contribution in [0.2, 0.25) is 0 Å². The molecule has 0 radical (unpaired) electrons. The third-order valence-corrected chi connectivity index (χ3v) is 14.1. The van der Waals surface area contributed by atoms with Crippen LogP contribution in [-0.2, 0) is 87.7 Å². The quantitative estimate of drug-likeness (QED) is 0.0148. The van der Waals surface area contributed by atoms with Crippen LogP contribution >= 0.6 is 0 Å². The molecule has 1 saturated carbocycles. The van der Waals surface area contributed by atoms with Gasteiger partial charge in [-0.1, -0.05) is 102 Å². The Hall–Kier alpha value is -6.31. The second-order valence-electron chi connectivity index (χ2n) is 19.6. The number of unbranched alkanes of at least 4 members (excludes halogenated alkanes) is 2. The van der Waals surface area contributed by atoms with Gasteiger partial charge in [-0.15, -0.1) is 0 Å². The van der Waals surface area contributed by atoms with Crippen LogP contribution in [0.4, 0.5) is 0 Å². The monoisotopic (exact) mass is 1020 g/mol. The van der Waals surface area contributed by atoms with Crippen molar-refractivity contribution >= 4 is 41.6 Å². The number of benzene rings is 3. The molecule has 74 heavy (non-hydrogen) atoms. The fourth-order valence-corrected chi connectivity index (χ4v) is 9.52. The number of aryl methyl sites for hydroxylation is 2. The van der Waals surface area contributed by atoms with Crippen molar-refractivity contribution in [1.29, 1.82) is 0 Å². The Morgan fingerprint density at radius 1 is 0.595 bits per heavy atom. The summed E-state index contributed by atoms with van der Waals surface area (Å²) >= 11 is 0. The molecule has 14 nitrogen and oxygen atoms in total. The number of hydrogen-bond acceptors (Lipinski definition) is 14. The minimum atomic E-state index is -1.19. The van der Waals surface area contributed by atoms with Gasteiger partial charge < -0.3 is 33.2 Å². The van der Waals surface area contributed by atoms with Crippen LogP contribution in [0.3, 0.4) is 0 Å². The molecule has 0 saturated heterocycles. The average Bonchev–Trinajstić information content (AvgIpc) is 3.40. The van der Waals surface area contributed by atoms with E-state index in [0.717, 1.165) is 72.4 Å². The molecule has 1 fully saturated rings. The molecule has 0 heterocycles. The molecule has 0 amide bonds. The highest BCUT2D eigenvalue weighted by molar-refractivity contribution is 6.32. The van der Waals surface area contributed by atoms with Crippen LogP contribution < -0.4 is 4.74 Å². The summed E-state index contributed by atoms with van der Waals surface area (Å²) in [5.41, 5.74) is 8.45. The molecule has 4 rings (SSSR count). The van der Waals surface area contributed by atoms with Crippen molar-refractivity contribution in [2.24, 2.45) is 11.3 Å². The average molecular weight is 1030 g/mol. The normalized spacial score (nSPS) is 14.3. The van der Waals surface area contributed by atoms with Crippen LogP contribution in [-0.4, -0.2) is 88.9 Å². The molecule has 0 aliphatic heterocycles. The molecule has 0 atom stereocenters. The zero-order valence-electron chi connectivity index (χ0n) is 45.3. The van der Waals surface area contributed by atoms with Gasteiger partial charge >= 0.3 is 35.8 Å². The van der Waals surface area contributed by atoms with Crippen LogP contribution in [0.5, 0.6) is 5.75 Å². The minimum Gasteiger partial charge on any atom is -0.492 e. The van der Waals surface area contributed by atoms with Crippen molar-refractivity contribution in [3.8, 4) is 28.0 Å². The van der Waals surface area contributed by atoms with Gasteiger partial charge in [-0.25, -0.2) is 9.59 Å². The first-order valence-corrected chi connectivity index (χ1v) is 26.5. The maximum Gasteiger partial charge on any atom is 0.374 e. The number of rotatable bonds is 31. The first-order valence-electron chi connectivity index (χ1n) is 26.5. The molecule has 14 heteroatoms. The lowest BCUT2D eigenvalue weighted by molar-refractivity contribution is -0.160. The summed E-state index contributed by atoms with van der Waals surface area (Å²) in [6, 6.07) is 17.8. The lowest BCUT2D eigenvalue weighted by atomic mass is 9.77. The summed E-state index contributed by atoms with van der Waals surface area (Å²) in [5, 5.41) is 0. The van der Waals surface area contributed by atoms with Gasteiger partial charge in [-0.3, -0.25) is 24.0 Å². The molecular weight excluding hydrogens is 945 g/mol. The molecule has 3 aromatic rings. The van der Waals surface area contributed by atoms with E-state index in [-0.39, 0.29) is 45.0 Å².